The maximum absolute atomic E-state index is 14.1. The average Bonchev–Trinajstić information content (AvgIpc) is 2.51. The number of esters is 2. The lowest BCUT2D eigenvalue weighted by atomic mass is 10.1. The van der Waals surface area contributed by atoms with Crippen molar-refractivity contribution in [3.8, 4) is 0 Å². The van der Waals surface area contributed by atoms with E-state index < -0.39 is 44.1 Å². The Labute approximate surface area is 139 Å². The molecule has 0 saturated carbocycles. The summed E-state index contributed by atoms with van der Waals surface area (Å²) < 4.78 is 50.5. The highest BCUT2D eigenvalue weighted by atomic mass is 127. The van der Waals surface area contributed by atoms with E-state index in [9.17, 15) is 22.8 Å². The molecule has 0 fully saturated rings. The van der Waals surface area contributed by atoms with E-state index in [-0.39, 0.29) is 13.2 Å². The Morgan fingerprint density at radius 3 is 1.68 bits per heavy atom. The molecule has 0 heterocycles. The monoisotopic (exact) mass is 430 g/mol. The summed E-state index contributed by atoms with van der Waals surface area (Å²) in [6.45, 7) is 3.28. The summed E-state index contributed by atoms with van der Waals surface area (Å²) in [5.74, 6) is -7.07. The summed E-state index contributed by atoms with van der Waals surface area (Å²) in [6.07, 6.45) is 0.877. The SMILES string of the molecule is CCCOC(=O)c1c(F)c(F)c(I)c(F)c1C(=O)OCCC. The van der Waals surface area contributed by atoms with Crippen LogP contribution in [-0.2, 0) is 9.47 Å². The van der Waals surface area contributed by atoms with Gasteiger partial charge in [0.2, 0.25) is 0 Å². The van der Waals surface area contributed by atoms with Crippen molar-refractivity contribution < 1.29 is 32.2 Å². The van der Waals surface area contributed by atoms with Gasteiger partial charge in [0.15, 0.2) is 17.5 Å². The number of carbonyl (C=O) groups excluding carboxylic acids is 2. The Morgan fingerprint density at radius 2 is 1.27 bits per heavy atom. The molecule has 122 valence electrons. The molecule has 0 amide bonds. The third kappa shape index (κ3) is 3.90. The van der Waals surface area contributed by atoms with E-state index in [1.54, 1.807) is 13.8 Å². The Morgan fingerprint density at radius 1 is 0.864 bits per heavy atom. The fraction of sp³-hybridized carbons (Fsp3) is 0.429. The molecular formula is C14H14F3IO4. The Kier molecular flexibility index (Phi) is 7.11. The molecule has 0 bridgehead atoms. The van der Waals surface area contributed by atoms with Crippen LogP contribution in [-0.4, -0.2) is 25.2 Å². The van der Waals surface area contributed by atoms with Crippen LogP contribution in [0.3, 0.4) is 0 Å². The number of benzene rings is 1. The molecule has 0 aliphatic heterocycles. The van der Waals surface area contributed by atoms with Gasteiger partial charge in [0.25, 0.3) is 0 Å². The van der Waals surface area contributed by atoms with Crippen LogP contribution < -0.4 is 0 Å². The van der Waals surface area contributed by atoms with Gasteiger partial charge in [-0.15, -0.1) is 0 Å². The van der Waals surface area contributed by atoms with E-state index in [1.807, 2.05) is 0 Å². The maximum Gasteiger partial charge on any atom is 0.342 e. The first kappa shape index (κ1) is 18.7. The van der Waals surface area contributed by atoms with Crippen LogP contribution in [0.5, 0.6) is 0 Å². The molecule has 0 spiro atoms. The number of hydrogen-bond donors (Lipinski definition) is 0. The van der Waals surface area contributed by atoms with Gasteiger partial charge in [-0.1, -0.05) is 13.8 Å². The Hall–Kier alpha value is -1.32. The highest BCUT2D eigenvalue weighted by Gasteiger charge is 2.33. The van der Waals surface area contributed by atoms with E-state index in [2.05, 4.69) is 4.74 Å². The molecule has 4 nitrogen and oxygen atoms in total. The van der Waals surface area contributed by atoms with Gasteiger partial charge < -0.3 is 9.47 Å². The summed E-state index contributed by atoms with van der Waals surface area (Å²) in [5.41, 5.74) is -2.03. The molecule has 0 N–H and O–H groups in total. The van der Waals surface area contributed by atoms with Crippen molar-refractivity contribution in [2.75, 3.05) is 13.2 Å². The van der Waals surface area contributed by atoms with E-state index in [1.165, 1.54) is 22.6 Å². The minimum atomic E-state index is -1.63. The minimum absolute atomic E-state index is 0.0443. The standard InChI is InChI=1S/C14H14F3IO4/c1-3-5-21-13(19)7-8(14(20)22-6-4-2)10(16)12(18)11(17)9(7)15/h3-6H2,1-2H3. The predicted octanol–water partition coefficient (Wildman–Crippen LogP) is 3.84. The van der Waals surface area contributed by atoms with E-state index in [0.717, 1.165) is 0 Å². The number of hydrogen-bond acceptors (Lipinski definition) is 4. The van der Waals surface area contributed by atoms with Gasteiger partial charge in [0.1, 0.15) is 11.1 Å². The van der Waals surface area contributed by atoms with Crippen LogP contribution in [0.25, 0.3) is 0 Å². The minimum Gasteiger partial charge on any atom is -0.462 e. The Bertz CT molecular complexity index is 539. The van der Waals surface area contributed by atoms with E-state index in [4.69, 9.17) is 4.74 Å². The van der Waals surface area contributed by atoms with Gasteiger partial charge in [0.05, 0.1) is 16.8 Å². The van der Waals surface area contributed by atoms with Gasteiger partial charge in [-0.2, -0.15) is 0 Å². The second-order valence-electron chi connectivity index (χ2n) is 4.28. The number of carbonyl (C=O) groups is 2. The van der Waals surface area contributed by atoms with Crippen LogP contribution in [0.15, 0.2) is 0 Å². The van der Waals surface area contributed by atoms with Crippen molar-refractivity contribution in [3.05, 3.63) is 32.1 Å². The Balaban J connectivity index is 3.44. The molecule has 22 heavy (non-hydrogen) atoms. The lowest BCUT2D eigenvalue weighted by Gasteiger charge is -2.13. The van der Waals surface area contributed by atoms with Crippen molar-refractivity contribution in [1.82, 2.24) is 0 Å². The van der Waals surface area contributed by atoms with Gasteiger partial charge >= 0.3 is 11.9 Å². The second kappa shape index (κ2) is 8.35. The summed E-state index contributed by atoms with van der Waals surface area (Å²) in [5, 5.41) is 0. The van der Waals surface area contributed by atoms with Crippen molar-refractivity contribution in [1.29, 1.82) is 0 Å². The van der Waals surface area contributed by atoms with E-state index in [0.29, 0.717) is 12.8 Å². The van der Waals surface area contributed by atoms with Crippen LogP contribution >= 0.6 is 22.6 Å². The lowest BCUT2D eigenvalue weighted by Crippen LogP contribution is -2.21. The van der Waals surface area contributed by atoms with Gasteiger partial charge in [-0.25, -0.2) is 22.8 Å². The summed E-state index contributed by atoms with van der Waals surface area (Å²) in [7, 11) is 0. The van der Waals surface area contributed by atoms with Crippen molar-refractivity contribution >= 4 is 34.5 Å². The third-order valence-corrected chi connectivity index (χ3v) is 3.50. The molecule has 1 aromatic carbocycles. The smallest absolute Gasteiger partial charge is 0.342 e. The fourth-order valence-electron chi connectivity index (χ4n) is 1.55. The first-order valence-corrected chi connectivity index (χ1v) is 7.64. The summed E-state index contributed by atoms with van der Waals surface area (Å²) in [4.78, 5) is 23.7. The molecule has 0 unspecified atom stereocenters. The zero-order valence-electron chi connectivity index (χ0n) is 12.0. The zero-order valence-corrected chi connectivity index (χ0v) is 14.1. The number of ether oxygens (including phenoxy) is 2. The molecule has 1 aromatic rings. The van der Waals surface area contributed by atoms with Gasteiger partial charge in [-0.3, -0.25) is 0 Å². The average molecular weight is 430 g/mol. The van der Waals surface area contributed by atoms with Crippen LogP contribution in [0.1, 0.15) is 47.4 Å². The molecule has 8 heteroatoms. The number of rotatable bonds is 6. The molecule has 0 aliphatic carbocycles. The molecule has 0 aliphatic rings. The topological polar surface area (TPSA) is 52.6 Å². The zero-order chi connectivity index (χ0) is 16.9. The molecule has 1 rings (SSSR count). The lowest BCUT2D eigenvalue weighted by molar-refractivity contribution is 0.0446. The maximum atomic E-state index is 14.1. The van der Waals surface area contributed by atoms with Crippen LogP contribution in [0.2, 0.25) is 0 Å². The first-order valence-electron chi connectivity index (χ1n) is 6.56. The van der Waals surface area contributed by atoms with Crippen molar-refractivity contribution in [2.45, 2.75) is 26.7 Å². The summed E-state index contributed by atoms with van der Waals surface area (Å²) >= 11 is 1.21. The van der Waals surface area contributed by atoms with Crippen molar-refractivity contribution in [2.24, 2.45) is 0 Å². The predicted molar refractivity (Wildman–Crippen MR) is 80.2 cm³/mol. The van der Waals surface area contributed by atoms with Gasteiger partial charge in [-0.05, 0) is 35.4 Å². The third-order valence-electron chi connectivity index (χ3n) is 2.55. The van der Waals surface area contributed by atoms with Crippen LogP contribution in [0.4, 0.5) is 13.2 Å². The highest BCUT2D eigenvalue weighted by molar-refractivity contribution is 14.1. The van der Waals surface area contributed by atoms with Crippen molar-refractivity contribution in [3.63, 3.8) is 0 Å². The molecular weight excluding hydrogens is 416 g/mol. The largest absolute Gasteiger partial charge is 0.462 e. The normalized spacial score (nSPS) is 10.5. The van der Waals surface area contributed by atoms with Gasteiger partial charge in [0, 0.05) is 0 Å². The molecule has 0 aromatic heterocycles. The first-order chi connectivity index (χ1) is 10.4. The molecule has 0 saturated heterocycles. The number of halogens is 4. The fourth-order valence-corrected chi connectivity index (χ4v) is 2.06. The molecule has 0 radical (unpaired) electrons. The van der Waals surface area contributed by atoms with E-state index >= 15 is 0 Å². The molecule has 0 atom stereocenters. The summed E-state index contributed by atoms with van der Waals surface area (Å²) in [6, 6.07) is 0. The highest BCUT2D eigenvalue weighted by Crippen LogP contribution is 2.28. The second-order valence-corrected chi connectivity index (χ2v) is 5.36. The quantitative estimate of drug-likeness (QED) is 0.298. The van der Waals surface area contributed by atoms with Crippen LogP contribution in [0, 0.1) is 21.0 Å².